The monoisotopic (exact) mass is 252 g/mol. The average molecular weight is 252 g/mol. The first-order chi connectivity index (χ1) is 7.99. The fourth-order valence-corrected chi connectivity index (χ4v) is 2.65. The average Bonchev–Trinajstić information content (AvgIpc) is 2.78. The van der Waals surface area contributed by atoms with Crippen LogP contribution >= 0.6 is 0 Å². The molecule has 1 fully saturated rings. The van der Waals surface area contributed by atoms with Gasteiger partial charge in [0.2, 0.25) is 0 Å². The van der Waals surface area contributed by atoms with E-state index in [1.54, 1.807) is 0 Å². The molecular weight excluding hydrogens is 237 g/mol. The predicted octanol–water partition coefficient (Wildman–Crippen LogP) is 1.78. The standard InChI is InChI=1S/C11H15F3O3/c1-15-4-6-7(5-16-2)10-8(11(12,13)14)3-9(6)17-10/h3,6-7,9-10H,4-5H2,1-2H3/t6-,7+,9+,10+/m1/s1. The van der Waals surface area contributed by atoms with Crippen LogP contribution in [0, 0.1) is 11.8 Å². The lowest BCUT2D eigenvalue weighted by atomic mass is 9.80. The van der Waals surface area contributed by atoms with Crippen molar-refractivity contribution in [1.29, 1.82) is 0 Å². The molecule has 0 aromatic rings. The quantitative estimate of drug-likeness (QED) is 0.714. The third-order valence-electron chi connectivity index (χ3n) is 3.36. The number of alkyl halides is 3. The summed E-state index contributed by atoms with van der Waals surface area (Å²) in [7, 11) is 3.01. The molecule has 0 radical (unpaired) electrons. The fourth-order valence-electron chi connectivity index (χ4n) is 2.65. The molecular formula is C11H15F3O3. The van der Waals surface area contributed by atoms with Crippen molar-refractivity contribution in [3.05, 3.63) is 11.6 Å². The van der Waals surface area contributed by atoms with Gasteiger partial charge in [-0.05, 0) is 6.08 Å². The zero-order valence-corrected chi connectivity index (χ0v) is 9.66. The molecule has 6 heteroatoms. The SMILES string of the molecule is COC[C@@H]1[C@H](COC)[C@@H]2O[C@H]1C=C2C(F)(F)F. The summed E-state index contributed by atoms with van der Waals surface area (Å²) in [5, 5.41) is 0. The molecule has 4 atom stereocenters. The first-order valence-corrected chi connectivity index (χ1v) is 5.41. The van der Waals surface area contributed by atoms with E-state index in [2.05, 4.69) is 0 Å². The molecule has 2 rings (SSSR count). The largest absolute Gasteiger partial charge is 0.414 e. The van der Waals surface area contributed by atoms with Gasteiger partial charge in [-0.3, -0.25) is 0 Å². The number of methoxy groups -OCH3 is 2. The van der Waals surface area contributed by atoms with Crippen LogP contribution in [0.1, 0.15) is 0 Å². The lowest BCUT2D eigenvalue weighted by molar-refractivity contribution is -0.107. The summed E-state index contributed by atoms with van der Waals surface area (Å²) in [6.45, 7) is 0.638. The molecule has 3 nitrogen and oxygen atoms in total. The van der Waals surface area contributed by atoms with E-state index in [1.165, 1.54) is 20.3 Å². The normalized spacial score (nSPS) is 36.4. The van der Waals surface area contributed by atoms with Crippen LogP contribution in [-0.2, 0) is 14.2 Å². The van der Waals surface area contributed by atoms with Crippen LogP contribution in [0.5, 0.6) is 0 Å². The predicted molar refractivity (Wildman–Crippen MR) is 53.5 cm³/mol. The Morgan fingerprint density at radius 2 is 1.76 bits per heavy atom. The minimum atomic E-state index is -4.32. The van der Waals surface area contributed by atoms with E-state index < -0.39 is 24.0 Å². The highest BCUT2D eigenvalue weighted by molar-refractivity contribution is 5.28. The smallest absolute Gasteiger partial charge is 0.384 e. The Balaban J connectivity index is 2.19. The highest BCUT2D eigenvalue weighted by atomic mass is 19.4. The van der Waals surface area contributed by atoms with Crippen LogP contribution in [0.15, 0.2) is 11.6 Å². The zero-order chi connectivity index (χ0) is 12.6. The summed E-state index contributed by atoms with van der Waals surface area (Å²) in [5.74, 6) is -0.345. The van der Waals surface area contributed by atoms with E-state index in [0.717, 1.165) is 0 Å². The summed E-state index contributed by atoms with van der Waals surface area (Å²) >= 11 is 0. The lowest BCUT2D eigenvalue weighted by Gasteiger charge is -2.27. The van der Waals surface area contributed by atoms with Crippen molar-refractivity contribution in [3.8, 4) is 0 Å². The Kier molecular flexibility index (Phi) is 3.47. The number of hydrogen-bond acceptors (Lipinski definition) is 3. The van der Waals surface area contributed by atoms with Gasteiger partial charge in [0.1, 0.15) is 0 Å². The van der Waals surface area contributed by atoms with Gasteiger partial charge in [-0.15, -0.1) is 0 Å². The molecule has 0 spiro atoms. The molecule has 1 saturated heterocycles. The third kappa shape index (κ3) is 2.21. The summed E-state index contributed by atoms with van der Waals surface area (Å²) in [5.41, 5.74) is -0.572. The second kappa shape index (κ2) is 4.59. The molecule has 2 heterocycles. The highest BCUT2D eigenvalue weighted by Crippen LogP contribution is 2.48. The Hall–Kier alpha value is -0.590. The van der Waals surface area contributed by atoms with Gasteiger partial charge in [0.25, 0.3) is 0 Å². The highest BCUT2D eigenvalue weighted by Gasteiger charge is 2.56. The minimum absolute atomic E-state index is 0.0592. The van der Waals surface area contributed by atoms with E-state index in [9.17, 15) is 13.2 Å². The zero-order valence-electron chi connectivity index (χ0n) is 9.66. The van der Waals surface area contributed by atoms with Gasteiger partial charge in [0.15, 0.2) is 0 Å². The molecule has 17 heavy (non-hydrogen) atoms. The van der Waals surface area contributed by atoms with Crippen LogP contribution in [0.2, 0.25) is 0 Å². The summed E-state index contributed by atoms with van der Waals surface area (Å²) in [4.78, 5) is 0. The second-order valence-electron chi connectivity index (χ2n) is 4.38. The van der Waals surface area contributed by atoms with Crippen LogP contribution in [0.4, 0.5) is 13.2 Å². The van der Waals surface area contributed by atoms with Crippen LogP contribution in [0.3, 0.4) is 0 Å². The molecule has 0 saturated carbocycles. The van der Waals surface area contributed by atoms with E-state index in [0.29, 0.717) is 6.61 Å². The van der Waals surface area contributed by atoms with E-state index in [1.807, 2.05) is 0 Å². The first kappa shape index (κ1) is 12.9. The molecule has 2 aliphatic rings. The van der Waals surface area contributed by atoms with Gasteiger partial charge in [-0.1, -0.05) is 0 Å². The molecule has 0 aromatic heterocycles. The van der Waals surface area contributed by atoms with Gasteiger partial charge >= 0.3 is 6.18 Å². The summed E-state index contributed by atoms with van der Waals surface area (Å²) < 4.78 is 53.6. The molecule has 98 valence electrons. The molecule has 0 aliphatic carbocycles. The van der Waals surface area contributed by atoms with Gasteiger partial charge in [-0.25, -0.2) is 0 Å². The fraction of sp³-hybridized carbons (Fsp3) is 0.818. The Morgan fingerprint density at radius 3 is 2.29 bits per heavy atom. The maximum atomic E-state index is 12.7. The first-order valence-electron chi connectivity index (χ1n) is 5.41. The van der Waals surface area contributed by atoms with Crippen molar-refractivity contribution in [2.75, 3.05) is 27.4 Å². The number of rotatable bonds is 4. The van der Waals surface area contributed by atoms with Crippen molar-refractivity contribution < 1.29 is 27.4 Å². The molecule has 0 N–H and O–H groups in total. The van der Waals surface area contributed by atoms with E-state index in [4.69, 9.17) is 14.2 Å². The van der Waals surface area contributed by atoms with Gasteiger partial charge in [0, 0.05) is 26.1 Å². The van der Waals surface area contributed by atoms with Crippen LogP contribution in [0.25, 0.3) is 0 Å². The maximum Gasteiger partial charge on any atom is 0.414 e. The number of ether oxygens (including phenoxy) is 3. The molecule has 2 bridgehead atoms. The van der Waals surface area contributed by atoms with Gasteiger partial charge in [-0.2, -0.15) is 13.2 Å². The number of halogens is 3. The Labute approximate surface area is 97.5 Å². The van der Waals surface area contributed by atoms with Crippen molar-refractivity contribution in [3.63, 3.8) is 0 Å². The van der Waals surface area contributed by atoms with E-state index >= 15 is 0 Å². The van der Waals surface area contributed by atoms with Crippen molar-refractivity contribution in [2.45, 2.75) is 18.4 Å². The van der Waals surface area contributed by atoms with Gasteiger partial charge in [0.05, 0.1) is 31.0 Å². The second-order valence-corrected chi connectivity index (χ2v) is 4.38. The number of fused-ring (bicyclic) bond motifs is 2. The van der Waals surface area contributed by atoms with Gasteiger partial charge < -0.3 is 14.2 Å². The summed E-state index contributed by atoms with van der Waals surface area (Å²) in [6.07, 6.45) is -4.54. The number of hydrogen-bond donors (Lipinski definition) is 0. The van der Waals surface area contributed by atoms with Crippen molar-refractivity contribution in [1.82, 2.24) is 0 Å². The maximum absolute atomic E-state index is 12.7. The molecule has 2 aliphatic heterocycles. The third-order valence-corrected chi connectivity index (χ3v) is 3.36. The van der Waals surface area contributed by atoms with E-state index in [-0.39, 0.29) is 18.4 Å². The Bertz CT molecular complexity index is 314. The van der Waals surface area contributed by atoms with Crippen LogP contribution in [-0.4, -0.2) is 45.8 Å². The summed E-state index contributed by atoms with van der Waals surface area (Å²) in [6, 6.07) is 0. The van der Waals surface area contributed by atoms with Crippen LogP contribution < -0.4 is 0 Å². The lowest BCUT2D eigenvalue weighted by Crippen LogP contribution is -2.36. The minimum Gasteiger partial charge on any atom is -0.384 e. The van der Waals surface area contributed by atoms with Crippen molar-refractivity contribution >= 4 is 0 Å². The van der Waals surface area contributed by atoms with Crippen molar-refractivity contribution in [2.24, 2.45) is 11.8 Å². The molecule has 0 unspecified atom stereocenters. The topological polar surface area (TPSA) is 27.7 Å². The molecule has 0 amide bonds. The molecule has 0 aromatic carbocycles. The Morgan fingerprint density at radius 1 is 1.18 bits per heavy atom.